The normalized spacial score (nSPS) is 12.3. The number of carboxylic acids is 1. The molecule has 2 aromatic rings. The summed E-state index contributed by atoms with van der Waals surface area (Å²) in [5, 5.41) is 17.1. The molecule has 0 saturated carbocycles. The summed E-state index contributed by atoms with van der Waals surface area (Å²) < 4.78 is 2.53. The van der Waals surface area contributed by atoms with Crippen molar-refractivity contribution in [2.45, 2.75) is 12.8 Å². The SMILES string of the molecule is Cn1cc(CC(Cc2cccc(Br)c2)C(=O)O)nn1. The number of aryl methyl sites for hydroxylation is 1. The molecule has 2 rings (SSSR count). The molecule has 0 radical (unpaired) electrons. The topological polar surface area (TPSA) is 68.0 Å². The van der Waals surface area contributed by atoms with Crippen LogP contribution in [0.3, 0.4) is 0 Å². The van der Waals surface area contributed by atoms with Crippen molar-refractivity contribution in [3.63, 3.8) is 0 Å². The molecule has 19 heavy (non-hydrogen) atoms. The Bertz CT molecular complexity index is 583. The number of aromatic nitrogens is 3. The number of carboxylic acid groups (broad SMARTS) is 1. The lowest BCUT2D eigenvalue weighted by Gasteiger charge is -2.10. The second-order valence-corrected chi connectivity index (χ2v) is 5.37. The fraction of sp³-hybridized carbons (Fsp3) is 0.308. The molecule has 0 saturated heterocycles. The first kappa shape index (κ1) is 13.7. The number of rotatable bonds is 5. The van der Waals surface area contributed by atoms with Gasteiger partial charge < -0.3 is 5.11 Å². The molecule has 0 bridgehead atoms. The number of nitrogens with zero attached hydrogens (tertiary/aromatic N) is 3. The zero-order valence-electron chi connectivity index (χ0n) is 10.5. The number of aliphatic carboxylic acids is 1. The van der Waals surface area contributed by atoms with Gasteiger partial charge in [-0.05, 0) is 24.1 Å². The molecule has 0 spiro atoms. The summed E-state index contributed by atoms with van der Waals surface area (Å²) in [5.74, 6) is -1.31. The van der Waals surface area contributed by atoms with Gasteiger partial charge in [0.15, 0.2) is 0 Å². The van der Waals surface area contributed by atoms with Crippen LogP contribution in [0, 0.1) is 5.92 Å². The lowest BCUT2D eigenvalue weighted by atomic mass is 9.95. The summed E-state index contributed by atoms with van der Waals surface area (Å²) in [6, 6.07) is 7.69. The van der Waals surface area contributed by atoms with E-state index in [0.29, 0.717) is 18.5 Å². The number of halogens is 1. The minimum absolute atomic E-state index is 0.385. The van der Waals surface area contributed by atoms with Crippen LogP contribution in [-0.4, -0.2) is 26.1 Å². The molecule has 6 heteroatoms. The van der Waals surface area contributed by atoms with Crippen molar-refractivity contribution < 1.29 is 9.90 Å². The van der Waals surface area contributed by atoms with Gasteiger partial charge in [-0.3, -0.25) is 9.48 Å². The second kappa shape index (κ2) is 5.97. The van der Waals surface area contributed by atoms with Crippen LogP contribution in [0.1, 0.15) is 11.3 Å². The second-order valence-electron chi connectivity index (χ2n) is 4.46. The Morgan fingerprint density at radius 3 is 2.84 bits per heavy atom. The van der Waals surface area contributed by atoms with E-state index in [1.807, 2.05) is 24.3 Å². The Labute approximate surface area is 119 Å². The average molecular weight is 324 g/mol. The molecule has 1 heterocycles. The molecule has 0 aliphatic heterocycles. The fourth-order valence-corrected chi connectivity index (χ4v) is 2.38. The van der Waals surface area contributed by atoms with Gasteiger partial charge in [-0.15, -0.1) is 5.10 Å². The van der Waals surface area contributed by atoms with Gasteiger partial charge in [-0.2, -0.15) is 0 Å². The standard InChI is InChI=1S/C13H14BrN3O2/c1-17-8-12(15-16-17)7-10(13(18)19)5-9-3-2-4-11(14)6-9/h2-4,6,8,10H,5,7H2,1H3,(H,18,19). The monoisotopic (exact) mass is 323 g/mol. The Kier molecular flexibility index (Phi) is 4.31. The molecule has 1 aromatic carbocycles. The molecule has 0 amide bonds. The maximum Gasteiger partial charge on any atom is 0.307 e. The molecule has 5 nitrogen and oxygen atoms in total. The van der Waals surface area contributed by atoms with Gasteiger partial charge in [-0.1, -0.05) is 33.3 Å². The van der Waals surface area contributed by atoms with Crippen molar-refractivity contribution in [3.8, 4) is 0 Å². The Morgan fingerprint density at radius 1 is 1.47 bits per heavy atom. The number of carbonyl (C=O) groups is 1. The molecule has 100 valence electrons. The third-order valence-corrected chi connectivity index (χ3v) is 3.32. The van der Waals surface area contributed by atoms with Gasteiger partial charge in [0.2, 0.25) is 0 Å². The van der Waals surface area contributed by atoms with Gasteiger partial charge >= 0.3 is 5.97 Å². The molecule has 1 atom stereocenters. The smallest absolute Gasteiger partial charge is 0.307 e. The third kappa shape index (κ3) is 3.89. The Morgan fingerprint density at radius 2 is 2.26 bits per heavy atom. The molecule has 0 aliphatic carbocycles. The van der Waals surface area contributed by atoms with Crippen molar-refractivity contribution in [2.24, 2.45) is 13.0 Å². The number of hydrogen-bond donors (Lipinski definition) is 1. The van der Waals surface area contributed by atoms with Crippen LogP contribution < -0.4 is 0 Å². The predicted octanol–water partition coefficient (Wildman–Crippen LogP) is 2.06. The highest BCUT2D eigenvalue weighted by Crippen LogP contribution is 2.17. The Balaban J connectivity index is 2.10. The first-order valence-corrected chi connectivity index (χ1v) is 6.66. The quantitative estimate of drug-likeness (QED) is 0.914. The highest BCUT2D eigenvalue weighted by Gasteiger charge is 2.20. The van der Waals surface area contributed by atoms with E-state index in [9.17, 15) is 9.90 Å². The van der Waals surface area contributed by atoms with Crippen LogP contribution in [0.15, 0.2) is 34.9 Å². The minimum Gasteiger partial charge on any atom is -0.481 e. The van der Waals surface area contributed by atoms with Crippen molar-refractivity contribution in [1.82, 2.24) is 15.0 Å². The van der Waals surface area contributed by atoms with E-state index in [2.05, 4.69) is 26.2 Å². The summed E-state index contributed by atoms with van der Waals surface area (Å²) in [4.78, 5) is 11.3. The van der Waals surface area contributed by atoms with Gasteiger partial charge in [0.25, 0.3) is 0 Å². The van der Waals surface area contributed by atoms with Crippen molar-refractivity contribution in [2.75, 3.05) is 0 Å². The maximum absolute atomic E-state index is 11.3. The summed E-state index contributed by atoms with van der Waals surface area (Å²) in [6.07, 6.45) is 2.61. The zero-order valence-corrected chi connectivity index (χ0v) is 12.0. The Hall–Kier alpha value is -1.69. The van der Waals surface area contributed by atoms with Crippen molar-refractivity contribution in [1.29, 1.82) is 0 Å². The van der Waals surface area contributed by atoms with Crippen LogP contribution in [0.2, 0.25) is 0 Å². The molecular weight excluding hydrogens is 310 g/mol. The van der Waals surface area contributed by atoms with Crippen LogP contribution in [0.4, 0.5) is 0 Å². The lowest BCUT2D eigenvalue weighted by molar-refractivity contribution is -0.141. The van der Waals surface area contributed by atoms with Gasteiger partial charge in [0.05, 0.1) is 11.6 Å². The number of benzene rings is 1. The molecule has 1 aromatic heterocycles. The largest absolute Gasteiger partial charge is 0.481 e. The minimum atomic E-state index is -0.814. The highest BCUT2D eigenvalue weighted by atomic mass is 79.9. The maximum atomic E-state index is 11.3. The van der Waals surface area contributed by atoms with E-state index in [-0.39, 0.29) is 0 Å². The first-order valence-electron chi connectivity index (χ1n) is 5.87. The summed E-state index contributed by atoms with van der Waals surface area (Å²) in [6.45, 7) is 0. The van der Waals surface area contributed by atoms with E-state index >= 15 is 0 Å². The van der Waals surface area contributed by atoms with Gasteiger partial charge in [0.1, 0.15) is 0 Å². The van der Waals surface area contributed by atoms with E-state index in [1.54, 1.807) is 17.9 Å². The molecule has 0 fully saturated rings. The predicted molar refractivity (Wildman–Crippen MR) is 73.7 cm³/mol. The summed E-state index contributed by atoms with van der Waals surface area (Å²) >= 11 is 3.39. The number of hydrogen-bond acceptors (Lipinski definition) is 3. The van der Waals surface area contributed by atoms with Crippen LogP contribution >= 0.6 is 15.9 Å². The average Bonchev–Trinajstić information content (AvgIpc) is 2.74. The highest BCUT2D eigenvalue weighted by molar-refractivity contribution is 9.10. The molecule has 1 unspecified atom stereocenters. The summed E-state index contributed by atoms with van der Waals surface area (Å²) in [7, 11) is 1.76. The molecule has 1 N–H and O–H groups in total. The van der Waals surface area contributed by atoms with E-state index in [4.69, 9.17) is 0 Å². The fourth-order valence-electron chi connectivity index (χ4n) is 1.94. The van der Waals surface area contributed by atoms with E-state index in [1.165, 1.54) is 0 Å². The molecule has 0 aliphatic rings. The summed E-state index contributed by atoms with van der Waals surface area (Å²) in [5.41, 5.74) is 1.69. The van der Waals surface area contributed by atoms with Crippen molar-refractivity contribution >= 4 is 21.9 Å². The third-order valence-electron chi connectivity index (χ3n) is 2.83. The van der Waals surface area contributed by atoms with Crippen LogP contribution in [0.5, 0.6) is 0 Å². The van der Waals surface area contributed by atoms with Crippen molar-refractivity contribution in [3.05, 3.63) is 46.2 Å². The van der Waals surface area contributed by atoms with E-state index < -0.39 is 11.9 Å². The van der Waals surface area contributed by atoms with Gasteiger partial charge in [-0.25, -0.2) is 0 Å². The van der Waals surface area contributed by atoms with E-state index in [0.717, 1.165) is 10.0 Å². The zero-order chi connectivity index (χ0) is 13.8. The van der Waals surface area contributed by atoms with Crippen LogP contribution in [0.25, 0.3) is 0 Å². The molecular formula is C13H14BrN3O2. The lowest BCUT2D eigenvalue weighted by Crippen LogP contribution is -2.19. The van der Waals surface area contributed by atoms with Gasteiger partial charge in [0, 0.05) is 24.1 Å². The first-order chi connectivity index (χ1) is 9.04. The van der Waals surface area contributed by atoms with Crippen LogP contribution in [-0.2, 0) is 24.7 Å².